The second kappa shape index (κ2) is 12.3. The SMILES string of the molecule is CC(C)(C)OC(=O)N1CCCC[C@H]1C[C@@H]1CCCCN1.O=C1N[C@H](Cc2ccccc2)CO1. The number of ether oxygens (including phenoxy) is 2. The average Bonchev–Trinajstić information content (AvgIpc) is 3.19. The first-order valence-corrected chi connectivity index (χ1v) is 12.5. The largest absolute Gasteiger partial charge is 0.447 e. The summed E-state index contributed by atoms with van der Waals surface area (Å²) in [6, 6.07) is 11.1. The van der Waals surface area contributed by atoms with Gasteiger partial charge in [0.05, 0.1) is 6.04 Å². The zero-order valence-electron chi connectivity index (χ0n) is 20.5. The Hall–Kier alpha value is -2.28. The van der Waals surface area contributed by atoms with Gasteiger partial charge in [0, 0.05) is 18.6 Å². The fourth-order valence-electron chi connectivity index (χ4n) is 4.69. The van der Waals surface area contributed by atoms with Gasteiger partial charge >= 0.3 is 12.2 Å². The Morgan fingerprint density at radius 3 is 2.48 bits per heavy atom. The summed E-state index contributed by atoms with van der Waals surface area (Å²) >= 11 is 0. The lowest BCUT2D eigenvalue weighted by Gasteiger charge is -2.39. The number of carbonyl (C=O) groups excluding carboxylic acids is 2. The maximum Gasteiger partial charge on any atom is 0.410 e. The first-order chi connectivity index (χ1) is 15.8. The summed E-state index contributed by atoms with van der Waals surface area (Å²) in [5.74, 6) is 0. The van der Waals surface area contributed by atoms with E-state index in [1.54, 1.807) is 0 Å². The number of cyclic esters (lactones) is 1. The highest BCUT2D eigenvalue weighted by Crippen LogP contribution is 2.25. The minimum atomic E-state index is -0.401. The maximum absolute atomic E-state index is 12.3. The summed E-state index contributed by atoms with van der Waals surface area (Å²) in [6.45, 7) is 8.27. The molecule has 3 aliphatic rings. The van der Waals surface area contributed by atoms with Crippen LogP contribution in [0.5, 0.6) is 0 Å². The van der Waals surface area contributed by atoms with Crippen molar-refractivity contribution in [2.24, 2.45) is 0 Å². The van der Waals surface area contributed by atoms with E-state index in [9.17, 15) is 9.59 Å². The summed E-state index contributed by atoms with van der Waals surface area (Å²) in [5, 5.41) is 6.34. The Bertz CT molecular complexity index is 744. The van der Waals surface area contributed by atoms with Crippen LogP contribution in [0.2, 0.25) is 0 Å². The van der Waals surface area contributed by atoms with Crippen LogP contribution in [0.25, 0.3) is 0 Å². The summed E-state index contributed by atoms with van der Waals surface area (Å²) in [6.07, 6.45) is 8.80. The normalized spacial score (nSPS) is 25.4. The van der Waals surface area contributed by atoms with Gasteiger partial charge in [0.1, 0.15) is 12.2 Å². The molecule has 3 heterocycles. The lowest BCUT2D eigenvalue weighted by Crippen LogP contribution is -2.49. The number of carbonyl (C=O) groups is 2. The van der Waals surface area contributed by atoms with Crippen molar-refractivity contribution in [3.8, 4) is 0 Å². The van der Waals surface area contributed by atoms with E-state index in [1.165, 1.54) is 31.2 Å². The molecule has 0 saturated carbocycles. The number of hydrogen-bond acceptors (Lipinski definition) is 5. The van der Waals surface area contributed by atoms with E-state index < -0.39 is 5.60 Å². The lowest BCUT2D eigenvalue weighted by atomic mass is 9.92. The molecule has 1 aromatic carbocycles. The quantitative estimate of drug-likeness (QED) is 0.685. The Labute approximate surface area is 198 Å². The summed E-state index contributed by atoms with van der Waals surface area (Å²) in [5.41, 5.74) is 0.820. The maximum atomic E-state index is 12.3. The number of hydrogen-bond donors (Lipinski definition) is 2. The van der Waals surface area contributed by atoms with Crippen molar-refractivity contribution >= 4 is 12.2 Å². The van der Waals surface area contributed by atoms with Crippen LogP contribution < -0.4 is 10.6 Å². The second-order valence-electron chi connectivity index (χ2n) is 10.3. The van der Waals surface area contributed by atoms with Gasteiger partial charge in [0.2, 0.25) is 0 Å². The van der Waals surface area contributed by atoms with E-state index >= 15 is 0 Å². The molecule has 0 radical (unpaired) electrons. The molecule has 0 aliphatic carbocycles. The summed E-state index contributed by atoms with van der Waals surface area (Å²) in [4.78, 5) is 25.0. The highest BCUT2D eigenvalue weighted by molar-refractivity contribution is 5.69. The first kappa shape index (κ1) is 25.3. The average molecular weight is 460 g/mol. The van der Waals surface area contributed by atoms with Crippen LogP contribution in [-0.4, -0.2) is 60.5 Å². The van der Waals surface area contributed by atoms with Gasteiger partial charge in [-0.15, -0.1) is 0 Å². The van der Waals surface area contributed by atoms with E-state index in [2.05, 4.69) is 10.6 Å². The number of amides is 2. The van der Waals surface area contributed by atoms with Gasteiger partial charge in [-0.25, -0.2) is 9.59 Å². The third-order valence-electron chi connectivity index (χ3n) is 6.29. The smallest absolute Gasteiger partial charge is 0.410 e. The van der Waals surface area contributed by atoms with Crippen LogP contribution >= 0.6 is 0 Å². The molecule has 0 spiro atoms. The highest BCUT2D eigenvalue weighted by Gasteiger charge is 2.32. The molecular formula is C26H41N3O4. The third kappa shape index (κ3) is 8.88. The van der Waals surface area contributed by atoms with Crippen LogP contribution in [0.1, 0.15) is 71.3 Å². The molecule has 0 aromatic heterocycles. The molecule has 3 aliphatic heterocycles. The van der Waals surface area contributed by atoms with Crippen LogP contribution in [0.3, 0.4) is 0 Å². The first-order valence-electron chi connectivity index (χ1n) is 12.5. The van der Waals surface area contributed by atoms with Gasteiger partial charge in [-0.05, 0) is 77.8 Å². The van der Waals surface area contributed by atoms with Crippen LogP contribution in [0.15, 0.2) is 30.3 Å². The Morgan fingerprint density at radius 1 is 1.09 bits per heavy atom. The van der Waals surface area contributed by atoms with Crippen molar-refractivity contribution < 1.29 is 19.1 Å². The second-order valence-corrected chi connectivity index (χ2v) is 10.3. The molecule has 33 heavy (non-hydrogen) atoms. The molecule has 0 unspecified atom stereocenters. The third-order valence-corrected chi connectivity index (χ3v) is 6.29. The van der Waals surface area contributed by atoms with E-state index in [0.29, 0.717) is 18.7 Å². The molecule has 2 amide bonds. The topological polar surface area (TPSA) is 79.9 Å². The summed E-state index contributed by atoms with van der Waals surface area (Å²) in [7, 11) is 0. The van der Waals surface area contributed by atoms with Crippen molar-refractivity contribution in [1.29, 1.82) is 0 Å². The zero-order chi connectivity index (χ0) is 23.7. The number of likely N-dealkylation sites (tertiary alicyclic amines) is 1. The molecule has 1 aromatic rings. The fraction of sp³-hybridized carbons (Fsp3) is 0.692. The highest BCUT2D eigenvalue weighted by atomic mass is 16.6. The van der Waals surface area contributed by atoms with Crippen molar-refractivity contribution in [3.63, 3.8) is 0 Å². The van der Waals surface area contributed by atoms with Gasteiger partial charge in [-0.3, -0.25) is 0 Å². The molecule has 3 atom stereocenters. The number of piperidine rings is 2. The minimum Gasteiger partial charge on any atom is -0.447 e. The number of nitrogens with zero attached hydrogens (tertiary/aromatic N) is 1. The van der Waals surface area contributed by atoms with Crippen LogP contribution in [0.4, 0.5) is 9.59 Å². The van der Waals surface area contributed by atoms with Crippen LogP contribution in [-0.2, 0) is 15.9 Å². The molecule has 3 fully saturated rings. The summed E-state index contributed by atoms with van der Waals surface area (Å²) < 4.78 is 10.4. The molecule has 0 bridgehead atoms. The molecule has 7 heteroatoms. The van der Waals surface area contributed by atoms with Crippen LogP contribution in [0, 0.1) is 0 Å². The standard InChI is InChI=1S/C16H30N2O2.C10H11NO2/c1-16(2,3)20-15(19)18-11-7-5-9-14(18)12-13-8-4-6-10-17-13;12-10-11-9(7-13-10)6-8-4-2-1-3-5-8/h13-14,17H,4-12H2,1-3H3;1-5,9H,6-7H2,(H,11,12)/t13-,14-;9-/m01/s1. The minimum absolute atomic E-state index is 0.127. The Kier molecular flexibility index (Phi) is 9.41. The molecule has 4 rings (SSSR count). The van der Waals surface area contributed by atoms with E-state index in [4.69, 9.17) is 9.47 Å². The van der Waals surface area contributed by atoms with Gasteiger partial charge in [-0.1, -0.05) is 36.8 Å². The number of benzene rings is 1. The van der Waals surface area contributed by atoms with E-state index in [-0.39, 0.29) is 18.2 Å². The lowest BCUT2D eigenvalue weighted by molar-refractivity contribution is 0.00733. The molecule has 3 saturated heterocycles. The van der Waals surface area contributed by atoms with Crippen molar-refractivity contribution in [3.05, 3.63) is 35.9 Å². The number of rotatable bonds is 4. The van der Waals surface area contributed by atoms with Crippen molar-refractivity contribution in [2.75, 3.05) is 19.7 Å². The van der Waals surface area contributed by atoms with Crippen molar-refractivity contribution in [1.82, 2.24) is 15.5 Å². The van der Waals surface area contributed by atoms with E-state index in [0.717, 1.165) is 38.8 Å². The van der Waals surface area contributed by atoms with E-state index in [1.807, 2.05) is 56.0 Å². The van der Waals surface area contributed by atoms with Crippen molar-refractivity contribution in [2.45, 2.75) is 95.9 Å². The predicted molar refractivity (Wildman–Crippen MR) is 129 cm³/mol. The van der Waals surface area contributed by atoms with Gasteiger partial charge < -0.3 is 25.0 Å². The Balaban J connectivity index is 0.000000203. The molecule has 2 N–H and O–H groups in total. The monoisotopic (exact) mass is 459 g/mol. The van der Waals surface area contributed by atoms with Gasteiger partial charge in [0.15, 0.2) is 0 Å². The predicted octanol–water partition coefficient (Wildman–Crippen LogP) is 4.65. The molecule has 184 valence electrons. The van der Waals surface area contributed by atoms with Gasteiger partial charge in [0.25, 0.3) is 0 Å². The molecular weight excluding hydrogens is 418 g/mol. The Morgan fingerprint density at radius 2 is 1.85 bits per heavy atom. The number of alkyl carbamates (subject to hydrolysis) is 1. The zero-order valence-corrected chi connectivity index (χ0v) is 20.5. The van der Waals surface area contributed by atoms with Gasteiger partial charge in [-0.2, -0.15) is 0 Å². The number of nitrogens with one attached hydrogen (secondary N) is 2. The fourth-order valence-corrected chi connectivity index (χ4v) is 4.69. The molecule has 7 nitrogen and oxygen atoms in total.